The van der Waals surface area contributed by atoms with E-state index in [0.717, 1.165) is 18.4 Å². The van der Waals surface area contributed by atoms with Crippen molar-refractivity contribution < 1.29 is 9.59 Å². The summed E-state index contributed by atoms with van der Waals surface area (Å²) in [7, 11) is 0. The van der Waals surface area contributed by atoms with Gasteiger partial charge in [-0.3, -0.25) is 9.59 Å². The molecule has 1 aliphatic rings. The Hall–Kier alpha value is -1.68. The number of thiophene rings is 1. The van der Waals surface area contributed by atoms with Gasteiger partial charge in [0.2, 0.25) is 5.91 Å². The maximum absolute atomic E-state index is 12.6. The van der Waals surface area contributed by atoms with Gasteiger partial charge >= 0.3 is 0 Å². The SMILES string of the molecule is C=CC[C@@H]1CC=C[C@@H](C)N1C(=O)Cc1csc(C(C)=O)c1. The maximum atomic E-state index is 12.6. The highest BCUT2D eigenvalue weighted by atomic mass is 32.1. The molecular weight excluding hydrogens is 282 g/mol. The predicted molar refractivity (Wildman–Crippen MR) is 86.7 cm³/mol. The number of amides is 1. The minimum atomic E-state index is 0.0532. The number of carbonyl (C=O) groups is 2. The van der Waals surface area contributed by atoms with Crippen molar-refractivity contribution in [1.29, 1.82) is 0 Å². The normalized spacial score (nSPS) is 21.3. The zero-order chi connectivity index (χ0) is 15.4. The Kier molecular flexibility index (Phi) is 5.12. The predicted octanol–water partition coefficient (Wildman–Crippen LogP) is 3.61. The molecule has 0 spiro atoms. The standard InChI is InChI=1S/C17H21NO2S/c1-4-6-15-8-5-7-12(2)18(15)17(20)10-14-9-16(13(3)19)21-11-14/h4-5,7,9,11-12,15H,1,6,8,10H2,2-3H3/t12-,15-/m1/s1. The van der Waals surface area contributed by atoms with Crippen LogP contribution in [0.1, 0.15) is 41.9 Å². The average Bonchev–Trinajstić information content (AvgIpc) is 2.87. The first-order valence-electron chi connectivity index (χ1n) is 7.20. The lowest BCUT2D eigenvalue weighted by Crippen LogP contribution is -2.47. The van der Waals surface area contributed by atoms with Crippen LogP contribution in [0.3, 0.4) is 0 Å². The van der Waals surface area contributed by atoms with Crippen molar-refractivity contribution in [2.45, 2.75) is 45.2 Å². The van der Waals surface area contributed by atoms with E-state index in [4.69, 9.17) is 0 Å². The van der Waals surface area contributed by atoms with E-state index in [1.54, 1.807) is 6.92 Å². The monoisotopic (exact) mass is 303 g/mol. The molecule has 1 aliphatic heterocycles. The molecule has 2 rings (SSSR count). The second-order valence-electron chi connectivity index (χ2n) is 5.44. The third kappa shape index (κ3) is 3.70. The van der Waals surface area contributed by atoms with Crippen molar-refractivity contribution >= 4 is 23.0 Å². The van der Waals surface area contributed by atoms with Crippen LogP contribution in [0.4, 0.5) is 0 Å². The van der Waals surface area contributed by atoms with Gasteiger partial charge in [0, 0.05) is 12.1 Å². The van der Waals surface area contributed by atoms with Crippen molar-refractivity contribution in [2.24, 2.45) is 0 Å². The van der Waals surface area contributed by atoms with Crippen LogP contribution in [-0.4, -0.2) is 28.7 Å². The molecular formula is C17H21NO2S. The average molecular weight is 303 g/mol. The summed E-state index contributed by atoms with van der Waals surface area (Å²) in [5, 5.41) is 1.90. The summed E-state index contributed by atoms with van der Waals surface area (Å²) in [5.74, 6) is 0.170. The number of ketones is 1. The summed E-state index contributed by atoms with van der Waals surface area (Å²) in [6.07, 6.45) is 8.13. The Morgan fingerprint density at radius 3 is 2.90 bits per heavy atom. The van der Waals surface area contributed by atoms with Crippen molar-refractivity contribution in [3.63, 3.8) is 0 Å². The summed E-state index contributed by atoms with van der Waals surface area (Å²) < 4.78 is 0. The quantitative estimate of drug-likeness (QED) is 0.615. The van der Waals surface area contributed by atoms with E-state index in [-0.39, 0.29) is 23.8 Å². The third-order valence-electron chi connectivity index (χ3n) is 3.74. The molecule has 1 aromatic heterocycles. The number of carbonyl (C=O) groups excluding carboxylic acids is 2. The topological polar surface area (TPSA) is 37.4 Å². The summed E-state index contributed by atoms with van der Waals surface area (Å²) in [5.41, 5.74) is 0.925. The molecule has 2 atom stereocenters. The molecule has 0 saturated carbocycles. The molecule has 0 aliphatic carbocycles. The second-order valence-corrected chi connectivity index (χ2v) is 6.35. The minimum Gasteiger partial charge on any atom is -0.333 e. The highest BCUT2D eigenvalue weighted by molar-refractivity contribution is 7.12. The summed E-state index contributed by atoms with van der Waals surface area (Å²) in [6, 6.07) is 2.14. The van der Waals surface area contributed by atoms with Crippen molar-refractivity contribution in [2.75, 3.05) is 0 Å². The summed E-state index contributed by atoms with van der Waals surface area (Å²) >= 11 is 1.41. The van der Waals surface area contributed by atoms with E-state index in [1.165, 1.54) is 11.3 Å². The van der Waals surface area contributed by atoms with Crippen molar-refractivity contribution in [1.82, 2.24) is 4.90 Å². The van der Waals surface area contributed by atoms with Gasteiger partial charge in [0.1, 0.15) is 0 Å². The van der Waals surface area contributed by atoms with Crippen LogP contribution in [0, 0.1) is 0 Å². The zero-order valence-electron chi connectivity index (χ0n) is 12.5. The molecule has 0 radical (unpaired) electrons. The smallest absolute Gasteiger partial charge is 0.227 e. The number of nitrogens with zero attached hydrogens (tertiary/aromatic N) is 1. The van der Waals surface area contributed by atoms with Gasteiger partial charge in [0.05, 0.1) is 11.3 Å². The van der Waals surface area contributed by atoms with Gasteiger partial charge in [0.15, 0.2) is 5.78 Å². The molecule has 112 valence electrons. The van der Waals surface area contributed by atoms with Gasteiger partial charge in [-0.25, -0.2) is 0 Å². The fourth-order valence-corrected chi connectivity index (χ4v) is 3.54. The Balaban J connectivity index is 2.11. The molecule has 21 heavy (non-hydrogen) atoms. The Morgan fingerprint density at radius 1 is 1.52 bits per heavy atom. The van der Waals surface area contributed by atoms with Crippen LogP contribution in [0.15, 0.2) is 36.3 Å². The van der Waals surface area contributed by atoms with E-state index < -0.39 is 0 Å². The van der Waals surface area contributed by atoms with E-state index in [1.807, 2.05) is 29.3 Å². The van der Waals surface area contributed by atoms with Gasteiger partial charge in [-0.15, -0.1) is 17.9 Å². The van der Waals surface area contributed by atoms with Crippen molar-refractivity contribution in [3.8, 4) is 0 Å². The van der Waals surface area contributed by atoms with Gasteiger partial charge < -0.3 is 4.90 Å². The van der Waals surface area contributed by atoms with Crippen LogP contribution in [-0.2, 0) is 11.2 Å². The van der Waals surface area contributed by atoms with Gasteiger partial charge in [-0.05, 0) is 43.7 Å². The largest absolute Gasteiger partial charge is 0.333 e. The third-order valence-corrected chi connectivity index (χ3v) is 4.82. The van der Waals surface area contributed by atoms with E-state index in [0.29, 0.717) is 11.3 Å². The first-order valence-corrected chi connectivity index (χ1v) is 8.08. The first-order chi connectivity index (χ1) is 10.0. The van der Waals surface area contributed by atoms with Crippen LogP contribution >= 0.6 is 11.3 Å². The van der Waals surface area contributed by atoms with Crippen LogP contribution in [0.25, 0.3) is 0 Å². The lowest BCUT2D eigenvalue weighted by Gasteiger charge is -2.37. The highest BCUT2D eigenvalue weighted by Crippen LogP contribution is 2.23. The highest BCUT2D eigenvalue weighted by Gasteiger charge is 2.28. The Labute approximate surface area is 130 Å². The molecule has 0 bridgehead atoms. The van der Waals surface area contributed by atoms with Crippen LogP contribution in [0.2, 0.25) is 0 Å². The lowest BCUT2D eigenvalue weighted by atomic mass is 9.99. The van der Waals surface area contributed by atoms with E-state index in [9.17, 15) is 9.59 Å². The lowest BCUT2D eigenvalue weighted by molar-refractivity contribution is -0.134. The van der Waals surface area contributed by atoms with Crippen LogP contribution in [0.5, 0.6) is 0 Å². The molecule has 0 saturated heterocycles. The molecule has 1 aromatic rings. The molecule has 4 heteroatoms. The van der Waals surface area contributed by atoms with Gasteiger partial charge in [-0.2, -0.15) is 0 Å². The van der Waals surface area contributed by atoms with E-state index in [2.05, 4.69) is 18.7 Å². The first kappa shape index (κ1) is 15.7. The zero-order valence-corrected chi connectivity index (χ0v) is 13.4. The van der Waals surface area contributed by atoms with Gasteiger partial charge in [-0.1, -0.05) is 18.2 Å². The molecule has 0 aromatic carbocycles. The molecule has 0 unspecified atom stereocenters. The Morgan fingerprint density at radius 2 is 2.29 bits per heavy atom. The van der Waals surface area contributed by atoms with Crippen molar-refractivity contribution in [3.05, 3.63) is 46.7 Å². The molecule has 2 heterocycles. The van der Waals surface area contributed by atoms with Crippen LogP contribution < -0.4 is 0 Å². The summed E-state index contributed by atoms with van der Waals surface area (Å²) in [4.78, 5) is 26.6. The molecule has 3 nitrogen and oxygen atoms in total. The second kappa shape index (κ2) is 6.85. The number of hydrogen-bond donors (Lipinski definition) is 0. The number of Topliss-reactive ketones (excluding diaryl/α,β-unsaturated/α-hetero) is 1. The fraction of sp³-hybridized carbons (Fsp3) is 0.412. The fourth-order valence-electron chi connectivity index (χ4n) is 2.72. The van der Waals surface area contributed by atoms with E-state index >= 15 is 0 Å². The molecule has 0 N–H and O–H groups in total. The Bertz CT molecular complexity index is 573. The number of hydrogen-bond acceptors (Lipinski definition) is 3. The number of rotatable bonds is 5. The molecule has 1 amide bonds. The van der Waals surface area contributed by atoms with Gasteiger partial charge in [0.25, 0.3) is 0 Å². The summed E-state index contributed by atoms with van der Waals surface area (Å²) in [6.45, 7) is 7.37. The maximum Gasteiger partial charge on any atom is 0.227 e. The molecule has 0 fully saturated rings. The minimum absolute atomic E-state index is 0.0532.